The van der Waals surface area contributed by atoms with Gasteiger partial charge in [0.2, 0.25) is 0 Å². The maximum atomic E-state index is 14.2. The molecule has 0 saturated carbocycles. The Morgan fingerprint density at radius 3 is 2.76 bits per heavy atom. The van der Waals surface area contributed by atoms with Gasteiger partial charge in [-0.2, -0.15) is 0 Å². The van der Waals surface area contributed by atoms with Crippen molar-refractivity contribution in [1.82, 2.24) is 10.3 Å². The van der Waals surface area contributed by atoms with Gasteiger partial charge in [-0.3, -0.25) is 4.98 Å². The molecule has 2 aromatic carbocycles. The van der Waals surface area contributed by atoms with Gasteiger partial charge in [-0.05, 0) is 49.4 Å². The normalized spacial score (nSPS) is 15.9. The number of rotatable bonds is 3. The Morgan fingerprint density at radius 1 is 1.03 bits per heavy atom. The second-order valence-electron chi connectivity index (χ2n) is 7.14. The van der Waals surface area contributed by atoms with Crippen LogP contribution >= 0.6 is 11.6 Å². The van der Waals surface area contributed by atoms with E-state index >= 15 is 0 Å². The summed E-state index contributed by atoms with van der Waals surface area (Å²) in [6.07, 6.45) is 3.00. The number of halogens is 2. The number of aromatic nitrogens is 1. The summed E-state index contributed by atoms with van der Waals surface area (Å²) >= 11 is 5.99. The third kappa shape index (κ3) is 4.13. The van der Waals surface area contributed by atoms with E-state index in [0.717, 1.165) is 49.2 Å². The van der Waals surface area contributed by atoms with E-state index in [1.54, 1.807) is 0 Å². The van der Waals surface area contributed by atoms with Crippen molar-refractivity contribution in [3.8, 4) is 0 Å². The van der Waals surface area contributed by atoms with E-state index in [2.05, 4.69) is 21.3 Å². The molecule has 1 fully saturated rings. The van der Waals surface area contributed by atoms with Gasteiger partial charge in [-0.1, -0.05) is 17.7 Å². The van der Waals surface area contributed by atoms with E-state index in [1.807, 2.05) is 24.4 Å². The highest BCUT2D eigenvalue weighted by atomic mass is 35.5. The van der Waals surface area contributed by atoms with Gasteiger partial charge < -0.3 is 21.7 Å². The summed E-state index contributed by atoms with van der Waals surface area (Å²) in [5.41, 5.74) is 15.8. The number of pyridine rings is 1. The molecule has 7 heteroatoms. The van der Waals surface area contributed by atoms with Gasteiger partial charge >= 0.3 is 0 Å². The third-order valence-electron chi connectivity index (χ3n) is 5.19. The highest BCUT2D eigenvalue weighted by molar-refractivity contribution is 6.30. The maximum absolute atomic E-state index is 14.2. The predicted molar refractivity (Wildman–Crippen MR) is 118 cm³/mol. The molecule has 1 saturated heterocycles. The van der Waals surface area contributed by atoms with Gasteiger partial charge in [-0.25, -0.2) is 4.39 Å². The number of nitrogens with zero attached hydrogens (tertiary/aromatic N) is 2. The summed E-state index contributed by atoms with van der Waals surface area (Å²) in [7, 11) is 0. The number of hydrogen-bond acceptors (Lipinski definition) is 5. The van der Waals surface area contributed by atoms with Gasteiger partial charge in [0.05, 0.1) is 28.8 Å². The Hall–Kier alpha value is -2.83. The topological polar surface area (TPSA) is 80.2 Å². The first-order chi connectivity index (χ1) is 14.0. The number of nitrogens with one attached hydrogen (secondary N) is 1. The molecule has 0 spiro atoms. The van der Waals surface area contributed by atoms with Gasteiger partial charge in [0, 0.05) is 41.2 Å². The lowest BCUT2D eigenvalue weighted by atomic mass is 10.0. The lowest BCUT2D eigenvalue weighted by Gasteiger charge is -2.22. The second-order valence-corrected chi connectivity index (χ2v) is 7.58. The van der Waals surface area contributed by atoms with E-state index in [4.69, 9.17) is 23.1 Å². The highest BCUT2D eigenvalue weighted by Crippen LogP contribution is 2.27. The molecule has 0 aliphatic carbocycles. The number of nitrogens with two attached hydrogens (primary N) is 2. The van der Waals surface area contributed by atoms with Crippen LogP contribution in [-0.4, -0.2) is 31.2 Å². The van der Waals surface area contributed by atoms with Crippen molar-refractivity contribution >= 4 is 39.6 Å². The van der Waals surface area contributed by atoms with Crippen molar-refractivity contribution in [2.75, 3.05) is 31.1 Å². The van der Waals surface area contributed by atoms with Crippen molar-refractivity contribution in [3.05, 3.63) is 70.6 Å². The molecule has 4 rings (SSSR count). The molecule has 1 aliphatic rings. The zero-order valence-corrected chi connectivity index (χ0v) is 16.7. The lowest BCUT2D eigenvalue weighted by molar-refractivity contribution is 0.624. The van der Waals surface area contributed by atoms with Crippen LogP contribution in [0.1, 0.15) is 17.5 Å². The van der Waals surface area contributed by atoms with Crippen LogP contribution < -0.4 is 21.7 Å². The zero-order valence-electron chi connectivity index (χ0n) is 16.0. The van der Waals surface area contributed by atoms with Crippen molar-refractivity contribution in [2.45, 2.75) is 6.42 Å². The van der Waals surface area contributed by atoms with Gasteiger partial charge in [0.1, 0.15) is 5.82 Å². The van der Waals surface area contributed by atoms with Crippen LogP contribution in [0.4, 0.5) is 10.1 Å². The predicted octanol–water partition coefficient (Wildman–Crippen LogP) is 3.57. The minimum absolute atomic E-state index is 0.159. The van der Waals surface area contributed by atoms with Crippen LogP contribution in [0, 0.1) is 5.82 Å². The summed E-state index contributed by atoms with van der Waals surface area (Å²) in [4.78, 5) is 6.92. The molecule has 0 atom stereocenters. The molecule has 2 heterocycles. The largest absolute Gasteiger partial charge is 0.397 e. The molecular formula is C22H23ClFN5. The average Bonchev–Trinajstić information content (AvgIpc) is 3.03. The molecule has 0 radical (unpaired) electrons. The monoisotopic (exact) mass is 411 g/mol. The van der Waals surface area contributed by atoms with Crippen LogP contribution in [0.25, 0.3) is 22.3 Å². The molecule has 3 aromatic rings. The molecule has 29 heavy (non-hydrogen) atoms. The first-order valence-electron chi connectivity index (χ1n) is 9.59. The summed E-state index contributed by atoms with van der Waals surface area (Å²) in [6.45, 7) is 3.91. The highest BCUT2D eigenvalue weighted by Gasteiger charge is 2.13. The Balaban J connectivity index is 1.72. The lowest BCUT2D eigenvalue weighted by Crippen LogP contribution is -2.27. The number of hydrogen-bond donors (Lipinski definition) is 3. The van der Waals surface area contributed by atoms with Crippen LogP contribution in [0.5, 0.6) is 0 Å². The van der Waals surface area contributed by atoms with Crippen molar-refractivity contribution in [1.29, 1.82) is 0 Å². The fraction of sp³-hybridized carbons (Fsp3) is 0.227. The van der Waals surface area contributed by atoms with Crippen molar-refractivity contribution in [3.63, 3.8) is 0 Å². The smallest absolute Gasteiger partial charge is 0.132 e. The van der Waals surface area contributed by atoms with Gasteiger partial charge in [0.25, 0.3) is 0 Å². The zero-order chi connectivity index (χ0) is 20.4. The summed E-state index contributed by atoms with van der Waals surface area (Å²) in [5, 5.41) is 4.76. The number of fused-ring (bicyclic) bond motifs is 1. The molecule has 1 aromatic heterocycles. The van der Waals surface area contributed by atoms with Crippen LogP contribution in [0.15, 0.2) is 48.7 Å². The van der Waals surface area contributed by atoms with Crippen LogP contribution in [-0.2, 0) is 0 Å². The summed E-state index contributed by atoms with van der Waals surface area (Å²) < 4.78 is 14.2. The maximum Gasteiger partial charge on any atom is 0.132 e. The Bertz CT molecular complexity index is 1070. The third-order valence-corrected chi connectivity index (χ3v) is 5.43. The minimum Gasteiger partial charge on any atom is -0.397 e. The minimum atomic E-state index is -0.464. The van der Waals surface area contributed by atoms with Crippen molar-refractivity contribution in [2.24, 2.45) is 11.5 Å². The quantitative estimate of drug-likeness (QED) is 0.574. The first kappa shape index (κ1) is 19.5. The van der Waals surface area contributed by atoms with Gasteiger partial charge in [-0.15, -0.1) is 0 Å². The molecule has 150 valence electrons. The molecular weight excluding hydrogens is 389 g/mol. The Morgan fingerprint density at radius 2 is 1.90 bits per heavy atom. The van der Waals surface area contributed by atoms with E-state index in [0.29, 0.717) is 16.3 Å². The molecule has 5 N–H and O–H groups in total. The standard InChI is InChI=1S/C22H23ClFN5/c23-16-3-4-19(24)18(12-16)22(26)21(25)14-2-5-20-15(10-14)11-17(13-28-20)29-8-1-6-27-7-9-29/h2-5,10-13,27H,1,6-9,25-26H2/b22-21-. The van der Waals surface area contributed by atoms with Crippen LogP contribution in [0.3, 0.4) is 0 Å². The summed E-state index contributed by atoms with van der Waals surface area (Å²) in [5.74, 6) is -0.464. The Labute approximate surface area is 174 Å². The molecule has 5 nitrogen and oxygen atoms in total. The summed E-state index contributed by atoms with van der Waals surface area (Å²) in [6, 6.07) is 12.0. The number of benzene rings is 2. The molecule has 0 unspecified atom stereocenters. The molecule has 0 amide bonds. The van der Waals surface area contributed by atoms with E-state index in [9.17, 15) is 4.39 Å². The second kappa shape index (κ2) is 8.27. The number of anilines is 1. The molecule has 1 aliphatic heterocycles. The van der Waals surface area contributed by atoms with Crippen LogP contribution in [0.2, 0.25) is 5.02 Å². The van der Waals surface area contributed by atoms with E-state index < -0.39 is 5.82 Å². The molecule has 0 bridgehead atoms. The fourth-order valence-corrected chi connectivity index (χ4v) is 3.74. The average molecular weight is 412 g/mol. The van der Waals surface area contributed by atoms with E-state index in [-0.39, 0.29) is 11.3 Å². The van der Waals surface area contributed by atoms with Gasteiger partial charge in [0.15, 0.2) is 0 Å². The van der Waals surface area contributed by atoms with E-state index in [1.165, 1.54) is 18.2 Å². The Kier molecular flexibility index (Phi) is 5.56. The fourth-order valence-electron chi connectivity index (χ4n) is 3.57. The SMILES string of the molecule is N/C(=C(\N)c1cc(Cl)ccc1F)c1ccc2ncc(N3CCCNCC3)cc2c1. The first-order valence-corrected chi connectivity index (χ1v) is 9.97. The van der Waals surface area contributed by atoms with Crippen molar-refractivity contribution < 1.29 is 4.39 Å².